The largest absolute Gasteiger partial charge is 2.00 e. The predicted molar refractivity (Wildman–Crippen MR) is 53.9 cm³/mol. The van der Waals surface area contributed by atoms with Crippen LogP contribution in [0, 0.1) is 0 Å². The summed E-state index contributed by atoms with van der Waals surface area (Å²) in [6.45, 7) is 0. The van der Waals surface area contributed by atoms with Crippen molar-refractivity contribution in [3.63, 3.8) is 0 Å². The molecule has 0 aromatic rings. The fourth-order valence-corrected chi connectivity index (χ4v) is 0. The first kappa shape index (κ1) is 84.6. The van der Waals surface area contributed by atoms with Crippen LogP contribution in [0.3, 0.4) is 0 Å². The van der Waals surface area contributed by atoms with Crippen molar-refractivity contribution in [1.82, 2.24) is 0 Å². The Kier molecular flexibility index (Phi) is 164. The van der Waals surface area contributed by atoms with Gasteiger partial charge in [-0.25, -0.2) is 8.42 Å². The molecule has 15 N–H and O–H groups in total. The Morgan fingerprint density at radius 3 is 0.632 bits per heavy atom. The smallest absolute Gasteiger partial charge is 0.759 e. The summed E-state index contributed by atoms with van der Waals surface area (Å²) in [5.74, 6) is 0. The van der Waals surface area contributed by atoms with Gasteiger partial charge in [0.05, 0.1) is 0 Å². The van der Waals surface area contributed by atoms with Crippen molar-refractivity contribution in [2.24, 2.45) is 0 Å². The maximum absolute atomic E-state index is 8.63. The minimum atomic E-state index is -5.17. The van der Waals surface area contributed by atoms with Crippen LogP contribution in [0.15, 0.2) is 0 Å². The molecule has 19 heteroatoms. The zero-order valence-corrected chi connectivity index (χ0v) is 15.5. The monoisotopic (exact) mass is 382 g/mol. The van der Waals surface area contributed by atoms with Crippen molar-refractivity contribution in [2.75, 3.05) is 0 Å². The van der Waals surface area contributed by atoms with Crippen molar-refractivity contribution in [1.29, 1.82) is 0 Å². The Labute approximate surface area is 166 Å². The van der Waals surface area contributed by atoms with Gasteiger partial charge in [-0.2, -0.15) is 0 Å². The molecule has 0 aliphatic carbocycles. The predicted octanol–water partition coefficient (Wildman–Crippen LogP) is -11.5. The van der Waals surface area contributed by atoms with Gasteiger partial charge in [-0.05, 0) is 0 Å². The van der Waals surface area contributed by atoms with Crippen molar-refractivity contribution < 1.29 is 125 Å². The Morgan fingerprint density at radius 1 is 0.632 bits per heavy atom. The van der Waals surface area contributed by atoms with E-state index in [4.69, 9.17) is 35.0 Å². The van der Waals surface area contributed by atoms with Crippen molar-refractivity contribution >= 4 is 43.9 Å². The molecule has 0 bridgehead atoms. The van der Waals surface area contributed by atoms with Crippen LogP contribution < -0.4 is 51.4 Å². The summed E-state index contributed by atoms with van der Waals surface area (Å²) in [6.07, 6.45) is 0. The van der Waals surface area contributed by atoms with E-state index in [9.17, 15) is 0 Å². The Bertz CT molecular complexity index is 217. The van der Waals surface area contributed by atoms with Crippen molar-refractivity contribution in [2.45, 2.75) is 0 Å². The minimum Gasteiger partial charge on any atom is -0.759 e. The van der Waals surface area contributed by atoms with Gasteiger partial charge < -0.3 is 52.0 Å². The second kappa shape index (κ2) is 36.8. The summed E-state index contributed by atoms with van der Waals surface area (Å²) in [7, 11) is -10.1. The van der Waals surface area contributed by atoms with E-state index >= 15 is 0 Å². The van der Waals surface area contributed by atoms with Gasteiger partial charge in [-0.3, -0.25) is 13.0 Å². The van der Waals surface area contributed by atoms with E-state index in [2.05, 4.69) is 0 Å². The topological polar surface area (TPSA) is 378 Å². The molecule has 0 fully saturated rings. The Morgan fingerprint density at radius 2 is 0.632 bits per heavy atom. The molecule has 0 atom stereocenters. The average Bonchev–Trinajstić information content (AvgIpc) is 1.12. The summed E-state index contributed by atoms with van der Waals surface area (Å²) in [5, 5.41) is 0. The summed E-state index contributed by atoms with van der Waals surface area (Å²) in [6, 6.07) is 0. The normalized spacial score (nSPS) is 6.11. The molecule has 120 valence electrons. The molecule has 0 heterocycles. The van der Waals surface area contributed by atoms with Crippen LogP contribution in [-0.2, 0) is 20.8 Å². The fourth-order valence-electron chi connectivity index (χ4n) is 0. The molecule has 0 aromatic heterocycles. The molecule has 0 spiro atoms. The Balaban J connectivity index is -0.00000000508. The third-order valence-corrected chi connectivity index (χ3v) is 0. The summed E-state index contributed by atoms with van der Waals surface area (Å²) < 4.78 is 66.9. The van der Waals surface area contributed by atoms with Gasteiger partial charge in [0.15, 0.2) is 0 Å². The van der Waals surface area contributed by atoms with E-state index in [1.54, 1.807) is 0 Å². The molecule has 0 aromatic carbocycles. The van der Waals surface area contributed by atoms with Gasteiger partial charge in [-0.1, -0.05) is 0 Å². The molecule has 0 aliphatic rings. The molecule has 0 amide bonds. The Hall–Kier alpha value is 1.86. The van der Waals surface area contributed by atoms with Crippen LogP contribution >= 0.6 is 0 Å². The van der Waals surface area contributed by atoms with Crippen LogP contribution in [-0.4, -0.2) is 96.4 Å². The molecular weight excluding hydrogens is 368 g/mol. The number of hydrogen-bond donors (Lipinski definition) is 1. The van der Waals surface area contributed by atoms with E-state index in [-0.39, 0.29) is 113 Å². The first-order valence-corrected chi connectivity index (χ1v) is 4.05. The van der Waals surface area contributed by atoms with Crippen LogP contribution in [0.5, 0.6) is 0 Å². The molecule has 0 aliphatic heterocycles. The molecule has 0 rings (SSSR count). The average molecular weight is 383 g/mol. The molecule has 15 nitrogen and oxygen atoms in total. The summed E-state index contributed by atoms with van der Waals surface area (Å²) in [5.41, 5.74) is 0. The van der Waals surface area contributed by atoms with Gasteiger partial charge in [0.25, 0.3) is 0 Å². The van der Waals surface area contributed by atoms with E-state index in [1.165, 1.54) is 0 Å². The summed E-state index contributed by atoms with van der Waals surface area (Å²) in [4.78, 5) is 0. The fraction of sp³-hybridized carbons (Fsp3) is 0. The van der Waals surface area contributed by atoms with Crippen LogP contribution in [0.2, 0.25) is 0 Å². The van der Waals surface area contributed by atoms with Crippen molar-refractivity contribution in [3.05, 3.63) is 0 Å². The van der Waals surface area contributed by atoms with Gasteiger partial charge in [-0.15, -0.1) is 0 Å². The third kappa shape index (κ3) is 1830. The van der Waals surface area contributed by atoms with E-state index < -0.39 is 20.8 Å². The van der Waals surface area contributed by atoms with Gasteiger partial charge in [0.2, 0.25) is 10.4 Å². The van der Waals surface area contributed by atoms with Gasteiger partial charge >= 0.3 is 74.4 Å². The van der Waals surface area contributed by atoms with E-state index in [1.807, 2.05) is 0 Å². The number of hydrogen-bond acceptors (Lipinski definition) is 7. The SMILES string of the molecule is O.O.O.O.O.O.O.O=S(=O)([O-])O.O=S(=O)([O-])[O-].[K+].[Mg+2]. The first-order chi connectivity index (χ1) is 4.00. The quantitative estimate of drug-likeness (QED) is 0.237. The van der Waals surface area contributed by atoms with Gasteiger partial charge in [0, 0.05) is 10.4 Å². The standard InChI is InChI=1S/K.Mg.2H2O4S.7H2O/c;;2*1-5(2,3)4;;;;;;;/h;;2*(H2,1,2,3,4);7*1H2/q+1;+2;;;;;;;;;/p-3. The van der Waals surface area contributed by atoms with E-state index in [0.29, 0.717) is 0 Å². The van der Waals surface area contributed by atoms with Crippen molar-refractivity contribution in [3.8, 4) is 0 Å². The zero-order valence-electron chi connectivity index (χ0n) is 9.33. The first-order valence-electron chi connectivity index (χ1n) is 1.35. The maximum Gasteiger partial charge on any atom is 2.00 e. The van der Waals surface area contributed by atoms with E-state index in [0.717, 1.165) is 0 Å². The van der Waals surface area contributed by atoms with Gasteiger partial charge in [0.1, 0.15) is 0 Å². The molecule has 0 saturated heterocycles. The summed E-state index contributed by atoms with van der Waals surface area (Å²) >= 11 is 0. The molecule has 0 unspecified atom stereocenters. The molecule has 0 saturated carbocycles. The van der Waals surface area contributed by atoms with Crippen LogP contribution in [0.25, 0.3) is 0 Å². The second-order valence-electron chi connectivity index (χ2n) is 0.836. The molecular formula is H15KMgO15S2. The maximum atomic E-state index is 8.63. The number of rotatable bonds is 0. The van der Waals surface area contributed by atoms with Crippen LogP contribution in [0.4, 0.5) is 0 Å². The minimum absolute atomic E-state index is 0. The molecule has 0 radical (unpaired) electrons. The second-order valence-corrected chi connectivity index (χ2v) is 2.51. The zero-order chi connectivity index (χ0) is 9.00. The van der Waals surface area contributed by atoms with Crippen LogP contribution in [0.1, 0.15) is 0 Å². The molecule has 19 heavy (non-hydrogen) atoms. The third-order valence-electron chi connectivity index (χ3n) is 0.